The van der Waals surface area contributed by atoms with Gasteiger partial charge in [-0.1, -0.05) is 45.0 Å². The maximum absolute atomic E-state index is 12.2. The molecule has 18 heavy (non-hydrogen) atoms. The van der Waals surface area contributed by atoms with E-state index in [1.165, 1.54) is 0 Å². The molecule has 100 valence electrons. The van der Waals surface area contributed by atoms with E-state index in [1.54, 1.807) is 6.07 Å². The number of rotatable bonds is 6. The van der Waals surface area contributed by atoms with Crippen molar-refractivity contribution in [2.24, 2.45) is 5.92 Å². The van der Waals surface area contributed by atoms with Crippen LogP contribution in [0.4, 0.5) is 0 Å². The molecule has 1 N–H and O–H groups in total. The van der Waals surface area contributed by atoms with Gasteiger partial charge in [0.1, 0.15) is 0 Å². The molecule has 0 fully saturated rings. The molecule has 0 saturated carbocycles. The molecule has 1 rings (SSSR count). The molecule has 2 atom stereocenters. The summed E-state index contributed by atoms with van der Waals surface area (Å²) in [4.78, 5) is 10.8. The normalized spacial score (nSPS) is 14.4. The monoisotopic (exact) mass is 268 g/mol. The van der Waals surface area contributed by atoms with Gasteiger partial charge in [-0.05, 0) is 17.0 Å². The number of carboxylic acid groups (broad SMARTS) is 1. The van der Waals surface area contributed by atoms with E-state index < -0.39 is 16.8 Å². The standard InChI is InChI=1S/C14H20O3S/c1-10(2)11(3)18(17)9-13-7-5-4-6-12(13)8-14(15)16/h4-7,10-11H,8-9H2,1-3H3,(H,15,16). The summed E-state index contributed by atoms with van der Waals surface area (Å²) in [6.45, 7) is 6.07. The zero-order valence-electron chi connectivity index (χ0n) is 11.1. The molecular formula is C14H20O3S. The van der Waals surface area contributed by atoms with Crippen molar-refractivity contribution in [2.75, 3.05) is 0 Å². The van der Waals surface area contributed by atoms with Gasteiger partial charge in [0.2, 0.25) is 0 Å². The van der Waals surface area contributed by atoms with Gasteiger partial charge in [0.05, 0.1) is 6.42 Å². The topological polar surface area (TPSA) is 54.4 Å². The van der Waals surface area contributed by atoms with E-state index in [4.69, 9.17) is 5.11 Å². The highest BCUT2D eigenvalue weighted by atomic mass is 32.2. The van der Waals surface area contributed by atoms with Gasteiger partial charge in [-0.25, -0.2) is 0 Å². The van der Waals surface area contributed by atoms with Crippen LogP contribution in [0.25, 0.3) is 0 Å². The second-order valence-corrected chi connectivity index (χ2v) is 6.61. The molecular weight excluding hydrogens is 248 g/mol. The maximum Gasteiger partial charge on any atom is 0.307 e. The number of hydrogen-bond acceptors (Lipinski definition) is 2. The van der Waals surface area contributed by atoms with E-state index >= 15 is 0 Å². The summed E-state index contributed by atoms with van der Waals surface area (Å²) in [5.74, 6) is -0.0643. The lowest BCUT2D eigenvalue weighted by Gasteiger charge is -2.16. The van der Waals surface area contributed by atoms with Crippen molar-refractivity contribution in [3.8, 4) is 0 Å². The molecule has 2 unspecified atom stereocenters. The highest BCUT2D eigenvalue weighted by Crippen LogP contribution is 2.17. The van der Waals surface area contributed by atoms with Crippen LogP contribution in [-0.4, -0.2) is 20.5 Å². The van der Waals surface area contributed by atoms with Crippen LogP contribution in [0.2, 0.25) is 0 Å². The van der Waals surface area contributed by atoms with Gasteiger partial charge >= 0.3 is 5.97 Å². The van der Waals surface area contributed by atoms with Crippen molar-refractivity contribution < 1.29 is 14.1 Å². The summed E-state index contributed by atoms with van der Waals surface area (Å²) < 4.78 is 12.2. The molecule has 0 amide bonds. The van der Waals surface area contributed by atoms with Gasteiger partial charge < -0.3 is 5.11 Å². The fraction of sp³-hybridized carbons (Fsp3) is 0.500. The number of benzene rings is 1. The first-order chi connectivity index (χ1) is 8.41. The Hall–Kier alpha value is -1.16. The van der Waals surface area contributed by atoms with Gasteiger partial charge in [-0.2, -0.15) is 0 Å². The summed E-state index contributed by atoms with van der Waals surface area (Å²) >= 11 is 0. The fourth-order valence-electron chi connectivity index (χ4n) is 1.62. The SMILES string of the molecule is CC(C)C(C)S(=O)Cc1ccccc1CC(=O)O. The average Bonchev–Trinajstić information content (AvgIpc) is 2.29. The smallest absolute Gasteiger partial charge is 0.307 e. The van der Waals surface area contributed by atoms with Crippen molar-refractivity contribution in [1.29, 1.82) is 0 Å². The Morgan fingerprint density at radius 2 is 1.78 bits per heavy atom. The zero-order valence-corrected chi connectivity index (χ0v) is 11.9. The first kappa shape index (κ1) is 14.9. The molecule has 1 aromatic carbocycles. The molecule has 1 aromatic rings. The molecule has 4 heteroatoms. The van der Waals surface area contributed by atoms with Crippen LogP contribution in [0.1, 0.15) is 31.9 Å². The van der Waals surface area contributed by atoms with Gasteiger partial charge in [0.25, 0.3) is 0 Å². The lowest BCUT2D eigenvalue weighted by molar-refractivity contribution is -0.136. The third kappa shape index (κ3) is 4.26. The van der Waals surface area contributed by atoms with Gasteiger partial charge in [-0.15, -0.1) is 0 Å². The van der Waals surface area contributed by atoms with Crippen molar-refractivity contribution >= 4 is 16.8 Å². The summed E-state index contributed by atoms with van der Waals surface area (Å²) in [5.41, 5.74) is 1.64. The molecule has 0 bridgehead atoms. The van der Waals surface area contributed by atoms with E-state index in [2.05, 4.69) is 0 Å². The van der Waals surface area contributed by atoms with Crippen molar-refractivity contribution in [3.05, 3.63) is 35.4 Å². The summed E-state index contributed by atoms with van der Waals surface area (Å²) in [6, 6.07) is 7.33. The first-order valence-electron chi connectivity index (χ1n) is 6.07. The molecule has 0 aliphatic rings. The zero-order chi connectivity index (χ0) is 13.7. The van der Waals surface area contributed by atoms with Gasteiger partial charge in [0, 0.05) is 21.8 Å². The Bertz CT molecular complexity index is 440. The highest BCUT2D eigenvalue weighted by Gasteiger charge is 2.17. The van der Waals surface area contributed by atoms with E-state index in [-0.39, 0.29) is 11.7 Å². The minimum Gasteiger partial charge on any atom is -0.481 e. The summed E-state index contributed by atoms with van der Waals surface area (Å²) in [7, 11) is -0.964. The van der Waals surface area contributed by atoms with Crippen molar-refractivity contribution in [3.63, 3.8) is 0 Å². The number of carbonyl (C=O) groups is 1. The molecule has 0 saturated heterocycles. The Morgan fingerprint density at radius 3 is 2.28 bits per heavy atom. The second kappa shape index (κ2) is 6.69. The predicted octanol–water partition coefficient (Wildman–Crippen LogP) is 2.61. The fourth-order valence-corrected chi connectivity index (χ4v) is 3.08. The van der Waals surface area contributed by atoms with Crippen LogP contribution < -0.4 is 0 Å². The molecule has 0 aliphatic carbocycles. The molecule has 0 spiro atoms. The third-order valence-corrected chi connectivity index (χ3v) is 5.08. The molecule has 0 aromatic heterocycles. The van der Waals surface area contributed by atoms with Gasteiger partial charge in [0.15, 0.2) is 0 Å². The van der Waals surface area contributed by atoms with Gasteiger partial charge in [-0.3, -0.25) is 9.00 Å². The largest absolute Gasteiger partial charge is 0.481 e. The molecule has 0 heterocycles. The van der Waals surface area contributed by atoms with Crippen LogP contribution in [0.15, 0.2) is 24.3 Å². The molecule has 3 nitrogen and oxygen atoms in total. The third-order valence-electron chi connectivity index (χ3n) is 3.11. The lowest BCUT2D eigenvalue weighted by atomic mass is 10.1. The van der Waals surface area contributed by atoms with Crippen LogP contribution in [0.5, 0.6) is 0 Å². The number of carboxylic acids is 1. The quantitative estimate of drug-likeness (QED) is 0.863. The minimum absolute atomic E-state index is 0.0105. The Morgan fingerprint density at radius 1 is 1.22 bits per heavy atom. The molecule has 0 aliphatic heterocycles. The highest BCUT2D eigenvalue weighted by molar-refractivity contribution is 7.84. The van der Waals surface area contributed by atoms with Crippen LogP contribution in [-0.2, 0) is 27.8 Å². The molecule has 0 radical (unpaired) electrons. The van der Waals surface area contributed by atoms with Crippen LogP contribution in [0, 0.1) is 5.92 Å². The Labute approximate surface area is 111 Å². The van der Waals surface area contributed by atoms with E-state index in [0.29, 0.717) is 11.7 Å². The predicted molar refractivity (Wildman–Crippen MR) is 73.9 cm³/mol. The van der Waals surface area contributed by atoms with E-state index in [1.807, 2.05) is 39.0 Å². The second-order valence-electron chi connectivity index (χ2n) is 4.81. The average molecular weight is 268 g/mol. The van der Waals surface area contributed by atoms with Crippen LogP contribution in [0.3, 0.4) is 0 Å². The van der Waals surface area contributed by atoms with E-state index in [0.717, 1.165) is 11.1 Å². The van der Waals surface area contributed by atoms with Crippen molar-refractivity contribution in [1.82, 2.24) is 0 Å². The van der Waals surface area contributed by atoms with Crippen LogP contribution >= 0.6 is 0 Å². The summed E-state index contributed by atoms with van der Waals surface area (Å²) in [6.07, 6.45) is -0.0105. The van der Waals surface area contributed by atoms with E-state index in [9.17, 15) is 9.00 Å². The summed E-state index contributed by atoms with van der Waals surface area (Å²) in [5, 5.41) is 8.96. The van der Waals surface area contributed by atoms with Crippen molar-refractivity contribution in [2.45, 2.75) is 38.2 Å². The lowest BCUT2D eigenvalue weighted by Crippen LogP contribution is -2.19. The first-order valence-corrected chi connectivity index (χ1v) is 7.45. The Kier molecular flexibility index (Phi) is 5.54. The number of aliphatic carboxylic acids is 1. The maximum atomic E-state index is 12.2. The minimum atomic E-state index is -0.964. The Balaban J connectivity index is 2.84. The number of hydrogen-bond donors (Lipinski definition) is 1.